The van der Waals surface area contributed by atoms with Crippen LogP contribution in [0.1, 0.15) is 19.4 Å². The van der Waals surface area contributed by atoms with Crippen LogP contribution in [0, 0.1) is 0 Å². The smallest absolute Gasteiger partial charge is 0.123 e. The second-order valence-corrected chi connectivity index (χ2v) is 6.30. The number of ether oxygens (including phenoxy) is 2. The summed E-state index contributed by atoms with van der Waals surface area (Å²) in [4.78, 5) is 2.47. The third kappa shape index (κ3) is 6.42. The van der Waals surface area contributed by atoms with E-state index in [1.165, 1.54) is 5.56 Å². The number of rotatable bonds is 7. The molecule has 4 nitrogen and oxygen atoms in total. The fraction of sp³-hybridized carbons (Fsp3) is 0.625. The lowest BCUT2D eigenvalue weighted by Crippen LogP contribution is -2.48. The zero-order chi connectivity index (χ0) is 15.1. The number of hydrogen-bond acceptors (Lipinski definition) is 4. The Morgan fingerprint density at radius 1 is 1.36 bits per heavy atom. The van der Waals surface area contributed by atoms with Crippen LogP contribution >= 0.6 is 28.3 Å². The molecule has 1 N–H and O–H groups in total. The van der Waals surface area contributed by atoms with E-state index in [0.29, 0.717) is 19.3 Å². The van der Waals surface area contributed by atoms with E-state index in [4.69, 9.17) is 9.47 Å². The van der Waals surface area contributed by atoms with Gasteiger partial charge in [0.25, 0.3) is 0 Å². The van der Waals surface area contributed by atoms with E-state index in [1.807, 2.05) is 19.1 Å². The minimum Gasteiger partial charge on any atom is -0.491 e. The molecule has 126 valence electrons. The van der Waals surface area contributed by atoms with Gasteiger partial charge in [0.2, 0.25) is 0 Å². The molecule has 1 aromatic rings. The van der Waals surface area contributed by atoms with E-state index in [-0.39, 0.29) is 12.4 Å². The van der Waals surface area contributed by atoms with Crippen molar-refractivity contribution < 1.29 is 9.47 Å². The summed E-state index contributed by atoms with van der Waals surface area (Å²) >= 11 is 3.55. The van der Waals surface area contributed by atoms with E-state index >= 15 is 0 Å². The topological polar surface area (TPSA) is 33.7 Å². The Morgan fingerprint density at radius 3 is 2.91 bits per heavy atom. The molecule has 1 aliphatic heterocycles. The zero-order valence-corrected chi connectivity index (χ0v) is 15.7. The number of nitrogens with zero attached hydrogens (tertiary/aromatic N) is 1. The Hall–Kier alpha value is -0.330. The van der Waals surface area contributed by atoms with Crippen molar-refractivity contribution >= 4 is 28.3 Å². The van der Waals surface area contributed by atoms with Crippen molar-refractivity contribution in [3.8, 4) is 5.75 Å². The summed E-state index contributed by atoms with van der Waals surface area (Å²) in [5.74, 6) is 0.962. The summed E-state index contributed by atoms with van der Waals surface area (Å²) in [5, 5.41) is 3.47. The molecule has 1 aliphatic rings. The van der Waals surface area contributed by atoms with Crippen LogP contribution in [-0.2, 0) is 11.3 Å². The van der Waals surface area contributed by atoms with Crippen LogP contribution in [0.25, 0.3) is 0 Å². The quantitative estimate of drug-likeness (QED) is 0.722. The van der Waals surface area contributed by atoms with E-state index in [0.717, 1.165) is 43.0 Å². The predicted octanol–water partition coefficient (Wildman–Crippen LogP) is 3.08. The molecule has 0 unspecified atom stereocenters. The number of nitrogens with one attached hydrogen (secondary N) is 1. The summed E-state index contributed by atoms with van der Waals surface area (Å²) in [5.41, 5.74) is 1.23. The molecule has 1 saturated heterocycles. The van der Waals surface area contributed by atoms with Crippen LogP contribution in [0.2, 0.25) is 0 Å². The highest BCUT2D eigenvalue weighted by atomic mass is 79.9. The summed E-state index contributed by atoms with van der Waals surface area (Å²) in [6, 6.07) is 6.77. The lowest BCUT2D eigenvalue weighted by atomic mass is 10.1. The molecular formula is C16H26BrClN2O2. The van der Waals surface area contributed by atoms with Gasteiger partial charge in [0.05, 0.1) is 6.61 Å². The van der Waals surface area contributed by atoms with Gasteiger partial charge >= 0.3 is 0 Å². The van der Waals surface area contributed by atoms with Gasteiger partial charge in [0.15, 0.2) is 0 Å². The second kappa shape index (κ2) is 10.4. The van der Waals surface area contributed by atoms with E-state index in [1.54, 1.807) is 0 Å². The largest absolute Gasteiger partial charge is 0.491 e. The Balaban J connectivity index is 0.00000242. The molecule has 0 spiro atoms. The molecule has 1 fully saturated rings. The van der Waals surface area contributed by atoms with Crippen molar-refractivity contribution in [2.24, 2.45) is 0 Å². The van der Waals surface area contributed by atoms with Gasteiger partial charge in [-0.1, -0.05) is 15.9 Å². The maximum atomic E-state index is 5.87. The summed E-state index contributed by atoms with van der Waals surface area (Å²) in [6.45, 7) is 10.3. The van der Waals surface area contributed by atoms with Crippen molar-refractivity contribution in [1.29, 1.82) is 0 Å². The lowest BCUT2D eigenvalue weighted by Gasteiger charge is -2.32. The molecular weight excluding hydrogens is 368 g/mol. The minimum absolute atomic E-state index is 0. The third-order valence-corrected chi connectivity index (χ3v) is 4.05. The Bertz CT molecular complexity index is 448. The summed E-state index contributed by atoms with van der Waals surface area (Å²) in [6.07, 6.45) is 0. The number of benzene rings is 1. The molecule has 22 heavy (non-hydrogen) atoms. The van der Waals surface area contributed by atoms with Gasteiger partial charge in [-0.2, -0.15) is 0 Å². The highest BCUT2D eigenvalue weighted by Crippen LogP contribution is 2.25. The first kappa shape index (κ1) is 19.7. The van der Waals surface area contributed by atoms with Crippen LogP contribution in [0.5, 0.6) is 5.75 Å². The highest BCUT2D eigenvalue weighted by Gasteiger charge is 2.17. The van der Waals surface area contributed by atoms with Crippen molar-refractivity contribution in [1.82, 2.24) is 10.2 Å². The van der Waals surface area contributed by atoms with Gasteiger partial charge in [0.1, 0.15) is 12.4 Å². The van der Waals surface area contributed by atoms with Crippen LogP contribution in [0.4, 0.5) is 0 Å². The van der Waals surface area contributed by atoms with Crippen LogP contribution in [-0.4, -0.2) is 50.4 Å². The SMILES string of the molecule is CCOCCOc1ccc(Br)cc1CN1CCN[C@@H](C)C1.Cl. The van der Waals surface area contributed by atoms with Crippen LogP contribution in [0.3, 0.4) is 0 Å². The maximum Gasteiger partial charge on any atom is 0.123 e. The first-order chi connectivity index (χ1) is 10.2. The minimum atomic E-state index is 0. The fourth-order valence-corrected chi connectivity index (χ4v) is 2.97. The highest BCUT2D eigenvalue weighted by molar-refractivity contribution is 9.10. The molecule has 0 bridgehead atoms. The first-order valence-electron chi connectivity index (χ1n) is 7.63. The van der Waals surface area contributed by atoms with Gasteiger partial charge in [-0.3, -0.25) is 4.90 Å². The van der Waals surface area contributed by atoms with Gasteiger partial charge in [-0.15, -0.1) is 12.4 Å². The van der Waals surface area contributed by atoms with Crippen molar-refractivity contribution in [3.63, 3.8) is 0 Å². The summed E-state index contributed by atoms with van der Waals surface area (Å²) in [7, 11) is 0. The van der Waals surface area contributed by atoms with E-state index in [9.17, 15) is 0 Å². The average molecular weight is 394 g/mol. The maximum absolute atomic E-state index is 5.87. The van der Waals surface area contributed by atoms with Gasteiger partial charge < -0.3 is 14.8 Å². The van der Waals surface area contributed by atoms with E-state index < -0.39 is 0 Å². The molecule has 1 aromatic carbocycles. The van der Waals surface area contributed by atoms with Gasteiger partial charge in [-0.05, 0) is 32.0 Å². The Kier molecular flexibility index (Phi) is 9.36. The average Bonchev–Trinajstić information content (AvgIpc) is 2.45. The van der Waals surface area contributed by atoms with Crippen molar-refractivity contribution in [2.75, 3.05) is 39.5 Å². The molecule has 0 radical (unpaired) electrons. The van der Waals surface area contributed by atoms with E-state index in [2.05, 4.69) is 39.1 Å². The van der Waals surface area contributed by atoms with Crippen molar-refractivity contribution in [3.05, 3.63) is 28.2 Å². The molecule has 6 heteroatoms. The van der Waals surface area contributed by atoms with Crippen molar-refractivity contribution in [2.45, 2.75) is 26.4 Å². The standard InChI is InChI=1S/C16H25BrN2O2.ClH/c1-3-20-8-9-21-16-5-4-15(17)10-14(16)12-19-7-6-18-13(2)11-19;/h4-5,10,13,18H,3,6-9,11-12H2,1-2H3;1H/t13-;/m0./s1. The molecule has 2 rings (SSSR count). The lowest BCUT2D eigenvalue weighted by molar-refractivity contribution is 0.109. The molecule has 1 atom stereocenters. The van der Waals surface area contributed by atoms with Crippen LogP contribution in [0.15, 0.2) is 22.7 Å². The molecule has 0 amide bonds. The molecule has 1 heterocycles. The molecule has 0 aromatic heterocycles. The monoisotopic (exact) mass is 392 g/mol. The number of hydrogen-bond donors (Lipinski definition) is 1. The fourth-order valence-electron chi connectivity index (χ4n) is 2.56. The van der Waals surface area contributed by atoms with Gasteiger partial charge in [0, 0.05) is 48.9 Å². The summed E-state index contributed by atoms with van der Waals surface area (Å²) < 4.78 is 12.3. The first-order valence-corrected chi connectivity index (χ1v) is 8.43. The third-order valence-electron chi connectivity index (χ3n) is 3.56. The number of piperazine rings is 1. The Morgan fingerprint density at radius 2 is 2.18 bits per heavy atom. The zero-order valence-electron chi connectivity index (χ0n) is 13.3. The molecule has 0 aliphatic carbocycles. The van der Waals surface area contributed by atoms with Gasteiger partial charge in [-0.25, -0.2) is 0 Å². The normalized spacial score (nSPS) is 18.8. The second-order valence-electron chi connectivity index (χ2n) is 5.39. The molecule has 0 saturated carbocycles. The Labute approximate surface area is 148 Å². The predicted molar refractivity (Wildman–Crippen MR) is 96.1 cm³/mol. The van der Waals surface area contributed by atoms with Crippen LogP contribution < -0.4 is 10.1 Å². The number of halogens is 2.